The lowest BCUT2D eigenvalue weighted by Gasteiger charge is -2.02. The van der Waals surface area contributed by atoms with Crippen LogP contribution in [0.15, 0.2) is 59.4 Å². The van der Waals surface area contributed by atoms with E-state index in [9.17, 15) is 9.18 Å². The highest BCUT2D eigenvalue weighted by Crippen LogP contribution is 2.17. The first-order valence-electron chi connectivity index (χ1n) is 6.28. The molecular weight excluding hydrogens is 255 g/mol. The van der Waals surface area contributed by atoms with Crippen LogP contribution >= 0.6 is 0 Å². The lowest BCUT2D eigenvalue weighted by Crippen LogP contribution is -2.13. The van der Waals surface area contributed by atoms with E-state index in [1.54, 1.807) is 12.1 Å². The number of H-pyrrole nitrogens is 1. The molecule has 4 heteroatoms. The Morgan fingerprint density at radius 1 is 1.00 bits per heavy atom. The van der Waals surface area contributed by atoms with E-state index < -0.39 is 0 Å². The summed E-state index contributed by atoms with van der Waals surface area (Å²) in [6.07, 6.45) is 0. The molecule has 0 aliphatic heterocycles. The van der Waals surface area contributed by atoms with E-state index in [0.29, 0.717) is 5.69 Å². The summed E-state index contributed by atoms with van der Waals surface area (Å²) < 4.78 is 14.3. The average Bonchev–Trinajstić information content (AvgIpc) is 2.82. The van der Waals surface area contributed by atoms with Crippen molar-refractivity contribution >= 4 is 0 Å². The summed E-state index contributed by atoms with van der Waals surface area (Å²) in [5, 5.41) is 3.03. The number of nitrogens with zero attached hydrogens (tertiary/aromatic N) is 1. The van der Waals surface area contributed by atoms with Gasteiger partial charge in [0.2, 0.25) is 0 Å². The van der Waals surface area contributed by atoms with Crippen LogP contribution in [-0.2, 0) is 0 Å². The summed E-state index contributed by atoms with van der Waals surface area (Å²) in [5.41, 5.74) is 3.27. The third-order valence-electron chi connectivity index (χ3n) is 3.17. The summed E-state index contributed by atoms with van der Waals surface area (Å²) in [5.74, 6) is -0.327. The number of aromatic amines is 1. The van der Waals surface area contributed by atoms with Crippen molar-refractivity contribution in [3.05, 3.63) is 76.3 Å². The van der Waals surface area contributed by atoms with Crippen molar-refractivity contribution in [1.82, 2.24) is 9.78 Å². The van der Waals surface area contributed by atoms with Crippen molar-refractivity contribution in [3.63, 3.8) is 0 Å². The van der Waals surface area contributed by atoms with Crippen molar-refractivity contribution in [1.29, 1.82) is 0 Å². The van der Waals surface area contributed by atoms with Crippen LogP contribution in [0.25, 0.3) is 16.9 Å². The number of halogens is 1. The van der Waals surface area contributed by atoms with E-state index in [2.05, 4.69) is 5.10 Å². The van der Waals surface area contributed by atoms with E-state index in [1.807, 2.05) is 31.2 Å². The molecule has 100 valence electrons. The summed E-state index contributed by atoms with van der Waals surface area (Å²) >= 11 is 0. The molecule has 0 aliphatic rings. The Balaban J connectivity index is 2.05. The maximum absolute atomic E-state index is 12.9. The Hall–Kier alpha value is -2.62. The fourth-order valence-corrected chi connectivity index (χ4v) is 2.06. The van der Waals surface area contributed by atoms with E-state index in [4.69, 9.17) is 0 Å². The molecular formula is C16H13FN2O. The Morgan fingerprint density at radius 3 is 2.30 bits per heavy atom. The van der Waals surface area contributed by atoms with Crippen LogP contribution < -0.4 is 5.56 Å². The molecule has 20 heavy (non-hydrogen) atoms. The zero-order valence-corrected chi connectivity index (χ0v) is 10.9. The lowest BCUT2D eigenvalue weighted by atomic mass is 10.1. The molecule has 0 radical (unpaired) electrons. The maximum atomic E-state index is 12.9. The zero-order valence-electron chi connectivity index (χ0n) is 10.9. The zero-order chi connectivity index (χ0) is 14.1. The molecule has 3 rings (SSSR count). The highest BCUT2D eigenvalue weighted by atomic mass is 19.1. The number of hydrogen-bond acceptors (Lipinski definition) is 1. The first-order chi connectivity index (χ1) is 9.63. The average molecular weight is 268 g/mol. The SMILES string of the molecule is Cc1ccc(-c2cc(=O)n(-c3ccc(F)cc3)[nH]2)cc1. The molecule has 0 fully saturated rings. The van der Waals surface area contributed by atoms with Crippen molar-refractivity contribution in [2.45, 2.75) is 6.92 Å². The van der Waals surface area contributed by atoms with Gasteiger partial charge in [0.1, 0.15) is 5.82 Å². The predicted molar refractivity (Wildman–Crippen MR) is 76.5 cm³/mol. The minimum absolute atomic E-state index is 0.174. The fraction of sp³-hybridized carbons (Fsp3) is 0.0625. The first kappa shape index (κ1) is 12.4. The molecule has 0 saturated carbocycles. The molecule has 3 aromatic rings. The number of nitrogens with one attached hydrogen (secondary N) is 1. The van der Waals surface area contributed by atoms with E-state index in [1.165, 1.54) is 22.9 Å². The van der Waals surface area contributed by atoms with Crippen LogP contribution in [0.2, 0.25) is 0 Å². The number of benzene rings is 2. The predicted octanol–water partition coefficient (Wildman–Crippen LogP) is 3.28. The second-order valence-corrected chi connectivity index (χ2v) is 4.69. The van der Waals surface area contributed by atoms with Crippen LogP contribution in [0.1, 0.15) is 5.56 Å². The molecule has 0 amide bonds. The summed E-state index contributed by atoms with van der Waals surface area (Å²) in [6, 6.07) is 15.2. The van der Waals surface area contributed by atoms with Gasteiger partial charge in [-0.1, -0.05) is 29.8 Å². The topological polar surface area (TPSA) is 37.8 Å². The van der Waals surface area contributed by atoms with Gasteiger partial charge in [-0.2, -0.15) is 0 Å². The maximum Gasteiger partial charge on any atom is 0.271 e. The van der Waals surface area contributed by atoms with Gasteiger partial charge >= 0.3 is 0 Å². The van der Waals surface area contributed by atoms with E-state index in [0.717, 1.165) is 16.8 Å². The third kappa shape index (κ3) is 2.28. The highest BCUT2D eigenvalue weighted by molar-refractivity contribution is 5.59. The van der Waals surface area contributed by atoms with Crippen LogP contribution in [0.5, 0.6) is 0 Å². The largest absolute Gasteiger partial charge is 0.290 e. The van der Waals surface area contributed by atoms with Crippen molar-refractivity contribution in [3.8, 4) is 16.9 Å². The molecule has 1 heterocycles. The Labute approximate surface area is 115 Å². The van der Waals surface area contributed by atoms with Gasteiger partial charge in [0.05, 0.1) is 11.4 Å². The normalized spacial score (nSPS) is 10.7. The third-order valence-corrected chi connectivity index (χ3v) is 3.17. The number of rotatable bonds is 2. The van der Waals surface area contributed by atoms with Crippen LogP contribution in [-0.4, -0.2) is 9.78 Å². The molecule has 0 saturated heterocycles. The number of aryl methyl sites for hydroxylation is 1. The molecule has 0 atom stereocenters. The van der Waals surface area contributed by atoms with Crippen molar-refractivity contribution in [2.75, 3.05) is 0 Å². The number of aromatic nitrogens is 2. The minimum atomic E-state index is -0.327. The molecule has 0 spiro atoms. The van der Waals surface area contributed by atoms with E-state index in [-0.39, 0.29) is 11.4 Å². The molecule has 2 aromatic carbocycles. The summed E-state index contributed by atoms with van der Waals surface area (Å²) in [4.78, 5) is 12.0. The number of hydrogen-bond donors (Lipinski definition) is 1. The van der Waals surface area contributed by atoms with Crippen LogP contribution in [0.4, 0.5) is 4.39 Å². The van der Waals surface area contributed by atoms with E-state index >= 15 is 0 Å². The van der Waals surface area contributed by atoms with Gasteiger partial charge in [0, 0.05) is 6.07 Å². The fourth-order valence-electron chi connectivity index (χ4n) is 2.06. The second kappa shape index (κ2) is 4.81. The lowest BCUT2D eigenvalue weighted by molar-refractivity contribution is 0.627. The van der Waals surface area contributed by atoms with Crippen molar-refractivity contribution < 1.29 is 4.39 Å². The monoisotopic (exact) mass is 268 g/mol. The first-order valence-corrected chi connectivity index (χ1v) is 6.28. The van der Waals surface area contributed by atoms with Crippen molar-refractivity contribution in [2.24, 2.45) is 0 Å². The molecule has 0 unspecified atom stereocenters. The standard InChI is InChI=1S/C16H13FN2O/c1-11-2-4-12(5-3-11)15-10-16(20)19(18-15)14-8-6-13(17)7-9-14/h2-10,18H,1H3. The summed E-state index contributed by atoms with van der Waals surface area (Å²) in [6.45, 7) is 2.01. The van der Waals surface area contributed by atoms with Gasteiger partial charge in [0.25, 0.3) is 5.56 Å². The van der Waals surface area contributed by atoms with Gasteiger partial charge in [-0.25, -0.2) is 9.07 Å². The Bertz CT molecular complexity index is 783. The molecule has 1 aromatic heterocycles. The molecule has 0 aliphatic carbocycles. The van der Waals surface area contributed by atoms with Crippen LogP contribution in [0, 0.1) is 12.7 Å². The molecule has 3 nitrogen and oxygen atoms in total. The smallest absolute Gasteiger partial charge is 0.271 e. The molecule has 0 bridgehead atoms. The van der Waals surface area contributed by atoms with Gasteiger partial charge < -0.3 is 0 Å². The minimum Gasteiger partial charge on any atom is -0.290 e. The van der Waals surface area contributed by atoms with Crippen LogP contribution in [0.3, 0.4) is 0 Å². The Kier molecular flexibility index (Phi) is 2.99. The quantitative estimate of drug-likeness (QED) is 0.761. The summed E-state index contributed by atoms with van der Waals surface area (Å²) in [7, 11) is 0. The molecule has 1 N–H and O–H groups in total. The highest BCUT2D eigenvalue weighted by Gasteiger charge is 2.07. The van der Waals surface area contributed by atoms with Gasteiger partial charge in [-0.3, -0.25) is 9.89 Å². The van der Waals surface area contributed by atoms with Gasteiger partial charge in [0.15, 0.2) is 0 Å². The van der Waals surface area contributed by atoms with Gasteiger partial charge in [-0.15, -0.1) is 0 Å². The van der Waals surface area contributed by atoms with Gasteiger partial charge in [-0.05, 0) is 36.8 Å². The Morgan fingerprint density at radius 2 is 1.65 bits per heavy atom. The second-order valence-electron chi connectivity index (χ2n) is 4.69.